The topological polar surface area (TPSA) is 314 Å². The molecule has 3 aromatic carbocycles. The molecule has 2 heterocycles. The van der Waals surface area contributed by atoms with Crippen molar-refractivity contribution in [1.82, 2.24) is 5.32 Å². The Morgan fingerprint density at radius 2 is 1.75 bits per heavy atom. The average Bonchev–Trinajstić information content (AvgIpc) is 3.23. The van der Waals surface area contributed by atoms with Gasteiger partial charge >= 0.3 is 11.9 Å². The van der Waals surface area contributed by atoms with E-state index < -0.39 is 84.4 Å². The summed E-state index contributed by atoms with van der Waals surface area (Å²) in [4.78, 5) is 30.1. The first kappa shape index (κ1) is 46.3. The third-order valence-corrected chi connectivity index (χ3v) is 10.4. The molecule has 1 fully saturated rings. The largest absolute Gasteiger partial charge is 0.504 e. The molecule has 2 aliphatic rings. The van der Waals surface area contributed by atoms with Crippen LogP contribution < -0.4 is 35.3 Å². The standard InChI is InChI=1S/C41H54N4O16/c1-4-21-9-8-10-22(17-21)12-16-57-34-29(47)28-23(33(56-3)32(34)50)11-13-41(39(55)60-37(28)54)35(51)30(48)31(49)38(61-41)59-27-19-25(43-5-2)24(36(52)53)18-26(27)58-20-45-40(42)44-14-6-7-15-46/h8-10,17-19,30-31,35,38-39,43,46-51,55H,4-7,11-16,20H2,1-3H3,(H,52,53)(H3,42,44,45). The van der Waals surface area contributed by atoms with Crippen molar-refractivity contribution in [2.75, 3.05) is 45.5 Å². The molecule has 1 saturated heterocycles. The highest BCUT2D eigenvalue weighted by molar-refractivity contribution is 5.97. The number of aliphatic imine (C=N–C) groups is 1. The van der Waals surface area contributed by atoms with E-state index in [1.54, 1.807) is 6.92 Å². The van der Waals surface area contributed by atoms with Crippen LogP contribution in [0.5, 0.6) is 34.5 Å². The third-order valence-electron chi connectivity index (χ3n) is 10.4. The molecule has 0 bridgehead atoms. The number of aromatic hydroxyl groups is 2. The lowest BCUT2D eigenvalue weighted by Gasteiger charge is -2.50. The number of carboxylic acid groups (broad SMARTS) is 1. The number of esters is 1. The summed E-state index contributed by atoms with van der Waals surface area (Å²) in [5, 5.41) is 92.6. The predicted molar refractivity (Wildman–Crippen MR) is 216 cm³/mol. The van der Waals surface area contributed by atoms with Gasteiger partial charge in [0, 0.05) is 43.8 Å². The van der Waals surface area contributed by atoms with Gasteiger partial charge < -0.3 is 85.6 Å². The highest BCUT2D eigenvalue weighted by Crippen LogP contribution is 2.51. The van der Waals surface area contributed by atoms with Crippen LogP contribution in [-0.2, 0) is 28.7 Å². The van der Waals surface area contributed by atoms with Gasteiger partial charge in [-0.2, -0.15) is 0 Å². The van der Waals surface area contributed by atoms with Crippen LogP contribution in [0.3, 0.4) is 0 Å². The van der Waals surface area contributed by atoms with Crippen molar-refractivity contribution < 1.29 is 78.9 Å². The highest BCUT2D eigenvalue weighted by Gasteiger charge is 2.60. The summed E-state index contributed by atoms with van der Waals surface area (Å²) < 4.78 is 34.4. The Balaban J connectivity index is 1.45. The second kappa shape index (κ2) is 20.7. The first-order valence-corrected chi connectivity index (χ1v) is 19.8. The minimum absolute atomic E-state index is 0.00448. The van der Waals surface area contributed by atoms with Crippen molar-refractivity contribution in [3.05, 3.63) is 64.2 Å². The fourth-order valence-corrected chi connectivity index (χ4v) is 7.10. The number of hydrogen-bond acceptors (Lipinski definition) is 17. The van der Waals surface area contributed by atoms with E-state index in [1.807, 2.05) is 31.2 Å². The molecule has 6 atom stereocenters. The Hall–Kier alpha value is -5.77. The maximum absolute atomic E-state index is 13.8. The number of carbonyl (C=O) groups excluding carboxylic acids is 1. The van der Waals surface area contributed by atoms with Crippen molar-refractivity contribution in [2.24, 2.45) is 10.7 Å². The molecule has 0 aromatic heterocycles. The number of carboxylic acids is 1. The van der Waals surface area contributed by atoms with Gasteiger partial charge in [-0.3, -0.25) is 0 Å². The molecule has 2 aliphatic heterocycles. The average molecular weight is 859 g/mol. The molecule has 61 heavy (non-hydrogen) atoms. The number of aromatic carboxylic acids is 1. The number of nitrogens with zero attached hydrogens (tertiary/aromatic N) is 1. The summed E-state index contributed by atoms with van der Waals surface area (Å²) in [6, 6.07) is 10.1. The van der Waals surface area contributed by atoms with Crippen LogP contribution in [-0.4, -0.2) is 135 Å². The zero-order valence-corrected chi connectivity index (χ0v) is 34.0. The van der Waals surface area contributed by atoms with Gasteiger partial charge in [0.2, 0.25) is 24.1 Å². The number of hydrogen-bond donors (Lipinski definition) is 11. The molecule has 20 heteroatoms. The number of rotatable bonds is 18. The normalized spacial score (nSPS) is 22.7. The molecule has 334 valence electrons. The Kier molecular flexibility index (Phi) is 15.7. The molecule has 12 N–H and O–H groups in total. The Bertz CT molecular complexity index is 2050. The SMILES string of the molecule is CCNc1cc(OC2OC3(CCc4c(OC)c(O)c(OCCc5cccc(CC)c5)c(O)c4C(=O)OC3O)C(O)C(O)C2O)c(OCN=C(N)NCCCCO)cc1C(=O)O. The van der Waals surface area contributed by atoms with Gasteiger partial charge in [-0.05, 0) is 50.2 Å². The molecule has 6 unspecified atom stereocenters. The second-order valence-electron chi connectivity index (χ2n) is 14.3. The lowest BCUT2D eigenvalue weighted by atomic mass is 9.80. The number of cyclic esters (lactones) is 1. The van der Waals surface area contributed by atoms with Crippen LogP contribution >= 0.6 is 0 Å². The fraction of sp³-hybridized carbons (Fsp3) is 0.488. The van der Waals surface area contributed by atoms with Crippen LogP contribution in [0.15, 0.2) is 41.4 Å². The summed E-state index contributed by atoms with van der Waals surface area (Å²) in [5.41, 5.74) is 4.68. The van der Waals surface area contributed by atoms with E-state index in [0.29, 0.717) is 25.8 Å². The van der Waals surface area contributed by atoms with E-state index in [9.17, 15) is 45.3 Å². The second-order valence-corrected chi connectivity index (χ2v) is 14.3. The molecule has 0 amide bonds. The quantitative estimate of drug-likeness (QED) is 0.0369. The van der Waals surface area contributed by atoms with Crippen LogP contribution in [0.2, 0.25) is 0 Å². The highest BCUT2D eigenvalue weighted by atomic mass is 16.7. The maximum atomic E-state index is 13.8. The summed E-state index contributed by atoms with van der Waals surface area (Å²) in [6.07, 6.45) is -9.16. The van der Waals surface area contributed by atoms with E-state index in [0.717, 1.165) is 23.6 Å². The molecular weight excluding hydrogens is 804 g/mol. The first-order valence-electron chi connectivity index (χ1n) is 19.8. The number of ether oxygens (including phenoxy) is 6. The van der Waals surface area contributed by atoms with Crippen LogP contribution in [0.25, 0.3) is 0 Å². The number of methoxy groups -OCH3 is 1. The van der Waals surface area contributed by atoms with E-state index >= 15 is 0 Å². The number of anilines is 1. The van der Waals surface area contributed by atoms with Gasteiger partial charge in [0.25, 0.3) is 0 Å². The number of guanidine groups is 1. The number of aliphatic hydroxyl groups is 5. The summed E-state index contributed by atoms with van der Waals surface area (Å²) in [5.74, 6) is -5.40. The van der Waals surface area contributed by atoms with E-state index in [1.165, 1.54) is 13.2 Å². The van der Waals surface area contributed by atoms with E-state index in [4.69, 9.17) is 39.3 Å². The van der Waals surface area contributed by atoms with Crippen molar-refractivity contribution >= 4 is 23.6 Å². The first-order chi connectivity index (χ1) is 29.2. The number of nitrogens with one attached hydrogen (secondary N) is 2. The summed E-state index contributed by atoms with van der Waals surface area (Å²) in [7, 11) is 1.20. The number of nitrogens with two attached hydrogens (primary N) is 1. The molecule has 0 aliphatic carbocycles. The number of phenolic OH excluding ortho intramolecular Hbond substituents is 2. The number of unbranched alkanes of at least 4 members (excludes halogenated alkanes) is 1. The molecule has 20 nitrogen and oxygen atoms in total. The smallest absolute Gasteiger partial charge is 0.344 e. The monoisotopic (exact) mass is 858 g/mol. The van der Waals surface area contributed by atoms with Crippen molar-refractivity contribution in [2.45, 2.75) is 88.9 Å². The van der Waals surface area contributed by atoms with Crippen LogP contribution in [0.4, 0.5) is 5.69 Å². The number of carbonyl (C=O) groups is 2. The van der Waals surface area contributed by atoms with Gasteiger partial charge in [0.1, 0.15) is 23.9 Å². The number of aryl methyl sites for hydroxylation is 1. The predicted octanol–water partition coefficient (Wildman–Crippen LogP) is 1.11. The Morgan fingerprint density at radius 1 is 1.00 bits per heavy atom. The Morgan fingerprint density at radius 3 is 2.44 bits per heavy atom. The number of benzene rings is 3. The lowest BCUT2D eigenvalue weighted by Crippen LogP contribution is -2.70. The minimum Gasteiger partial charge on any atom is -0.504 e. The number of fused-ring (bicyclic) bond motifs is 1. The summed E-state index contributed by atoms with van der Waals surface area (Å²) >= 11 is 0. The molecule has 5 rings (SSSR count). The zero-order valence-electron chi connectivity index (χ0n) is 34.0. The van der Waals surface area contributed by atoms with E-state index in [2.05, 4.69) is 15.6 Å². The van der Waals surface area contributed by atoms with Crippen molar-refractivity contribution in [1.29, 1.82) is 0 Å². The Labute approximate surface area is 351 Å². The van der Waals surface area contributed by atoms with Gasteiger partial charge in [0.15, 0.2) is 41.3 Å². The van der Waals surface area contributed by atoms with Crippen molar-refractivity contribution in [3.8, 4) is 34.5 Å². The minimum atomic E-state index is -2.44. The number of phenols is 2. The molecule has 0 saturated carbocycles. The van der Waals surface area contributed by atoms with E-state index in [-0.39, 0.29) is 66.2 Å². The molecule has 1 spiro atoms. The van der Waals surface area contributed by atoms with Gasteiger partial charge in [-0.25, -0.2) is 14.6 Å². The van der Waals surface area contributed by atoms with Crippen LogP contribution in [0.1, 0.15) is 70.5 Å². The van der Waals surface area contributed by atoms with Crippen molar-refractivity contribution in [3.63, 3.8) is 0 Å². The third kappa shape index (κ3) is 10.2. The van der Waals surface area contributed by atoms with Gasteiger partial charge in [0.05, 0.1) is 25.0 Å². The maximum Gasteiger partial charge on any atom is 0.344 e. The molecule has 0 radical (unpaired) electrons. The van der Waals surface area contributed by atoms with Gasteiger partial charge in [-0.15, -0.1) is 0 Å². The summed E-state index contributed by atoms with van der Waals surface area (Å²) in [6.45, 7) is 3.93. The number of aliphatic hydroxyl groups excluding tert-OH is 5. The van der Waals surface area contributed by atoms with Crippen LogP contribution in [0, 0.1) is 0 Å². The lowest BCUT2D eigenvalue weighted by molar-refractivity contribution is -0.357. The molecular formula is C41H54N4O16. The van der Waals surface area contributed by atoms with Gasteiger partial charge in [-0.1, -0.05) is 31.2 Å². The molecule has 3 aromatic rings. The fourth-order valence-electron chi connectivity index (χ4n) is 7.10. The zero-order chi connectivity index (χ0) is 44.4.